The number of halogens is 1. The molecular weight excluding hydrogens is 342 g/mol. The monoisotopic (exact) mass is 359 g/mol. The molecule has 7 nitrogen and oxygen atoms in total. The van der Waals surface area contributed by atoms with Crippen LogP contribution in [0.25, 0.3) is 0 Å². The van der Waals surface area contributed by atoms with Gasteiger partial charge >= 0.3 is 6.03 Å². The van der Waals surface area contributed by atoms with E-state index in [4.69, 9.17) is 11.6 Å². The number of carbonyl (C=O) groups excluding carboxylic acids is 2. The van der Waals surface area contributed by atoms with Gasteiger partial charge in [-0.25, -0.2) is 13.2 Å². The van der Waals surface area contributed by atoms with Crippen molar-refractivity contribution in [2.45, 2.75) is 25.4 Å². The van der Waals surface area contributed by atoms with E-state index < -0.39 is 28.0 Å². The number of hydrogen-bond donors (Lipinski definition) is 3. The van der Waals surface area contributed by atoms with Gasteiger partial charge in [-0.1, -0.05) is 11.6 Å². The summed E-state index contributed by atoms with van der Waals surface area (Å²) in [6.07, 6.45) is 0.390. The maximum Gasteiger partial charge on any atom is 0.315 e. The normalized spacial score (nSPS) is 20.5. The molecule has 23 heavy (non-hydrogen) atoms. The lowest BCUT2D eigenvalue weighted by Crippen LogP contribution is -2.49. The zero-order chi connectivity index (χ0) is 17.0. The molecule has 126 valence electrons. The minimum atomic E-state index is -3.06. The summed E-state index contributed by atoms with van der Waals surface area (Å²) < 4.78 is 22.7. The molecule has 0 saturated carbocycles. The number of carbonyl (C=O) groups is 2. The molecule has 1 aromatic carbocycles. The summed E-state index contributed by atoms with van der Waals surface area (Å²) in [6, 6.07) is 4.83. The van der Waals surface area contributed by atoms with Crippen LogP contribution in [-0.4, -0.2) is 43.9 Å². The highest BCUT2D eigenvalue weighted by atomic mass is 35.5. The second kappa shape index (κ2) is 7.18. The van der Waals surface area contributed by atoms with Crippen LogP contribution in [0.2, 0.25) is 5.02 Å². The number of nitrogens with one attached hydrogen (secondary N) is 3. The minimum Gasteiger partial charge on any atom is -0.334 e. The first kappa shape index (κ1) is 17.6. The van der Waals surface area contributed by atoms with E-state index >= 15 is 0 Å². The van der Waals surface area contributed by atoms with Crippen LogP contribution in [0.15, 0.2) is 24.3 Å². The maximum atomic E-state index is 12.0. The van der Waals surface area contributed by atoms with Crippen molar-refractivity contribution in [3.8, 4) is 0 Å². The Morgan fingerprint density at radius 2 is 1.91 bits per heavy atom. The van der Waals surface area contributed by atoms with Crippen LogP contribution < -0.4 is 16.0 Å². The van der Waals surface area contributed by atoms with Gasteiger partial charge < -0.3 is 16.0 Å². The lowest BCUT2D eigenvalue weighted by molar-refractivity contribution is -0.117. The van der Waals surface area contributed by atoms with Crippen LogP contribution in [-0.2, 0) is 14.6 Å². The molecule has 0 aliphatic carbocycles. The zero-order valence-corrected chi connectivity index (χ0v) is 14.1. The molecule has 1 saturated heterocycles. The molecule has 1 heterocycles. The molecular formula is C14H18ClN3O4S. The third-order valence-corrected chi connectivity index (χ3v) is 5.44. The summed E-state index contributed by atoms with van der Waals surface area (Å²) in [5, 5.41) is 8.25. The standard InChI is InChI=1S/C14H18ClN3O4S/c1-9(13(19)17-11-4-2-10(15)3-5-11)16-14(20)18-12-6-7-23(21,22)8-12/h2-5,9,12H,6-8H2,1H3,(H,17,19)(H2,16,18,20). The van der Waals surface area contributed by atoms with Crippen LogP contribution in [0.5, 0.6) is 0 Å². The van der Waals surface area contributed by atoms with Gasteiger partial charge in [-0.3, -0.25) is 4.79 Å². The molecule has 9 heteroatoms. The highest BCUT2D eigenvalue weighted by Crippen LogP contribution is 2.13. The number of hydrogen-bond acceptors (Lipinski definition) is 4. The summed E-state index contributed by atoms with van der Waals surface area (Å²) >= 11 is 5.76. The van der Waals surface area contributed by atoms with Gasteiger partial charge in [-0.2, -0.15) is 0 Å². The molecule has 3 N–H and O–H groups in total. The zero-order valence-electron chi connectivity index (χ0n) is 12.5. The molecule has 0 aromatic heterocycles. The fourth-order valence-electron chi connectivity index (χ4n) is 2.18. The first-order valence-corrected chi connectivity index (χ1v) is 9.29. The first-order chi connectivity index (χ1) is 10.7. The van der Waals surface area contributed by atoms with Crippen LogP contribution in [0, 0.1) is 0 Å². The van der Waals surface area contributed by atoms with E-state index in [-0.39, 0.29) is 17.4 Å². The molecule has 1 aliphatic rings. The number of anilines is 1. The van der Waals surface area contributed by atoms with Crippen LogP contribution in [0.1, 0.15) is 13.3 Å². The molecule has 2 unspecified atom stereocenters. The van der Waals surface area contributed by atoms with Gasteiger partial charge in [-0.15, -0.1) is 0 Å². The van der Waals surface area contributed by atoms with Crippen molar-refractivity contribution in [1.82, 2.24) is 10.6 Å². The Labute approximate surface area is 139 Å². The Balaban J connectivity index is 1.81. The fourth-order valence-corrected chi connectivity index (χ4v) is 3.98. The SMILES string of the molecule is CC(NC(=O)NC1CCS(=O)(=O)C1)C(=O)Nc1ccc(Cl)cc1. The van der Waals surface area contributed by atoms with E-state index in [1.165, 1.54) is 6.92 Å². The van der Waals surface area contributed by atoms with Gasteiger partial charge in [0.1, 0.15) is 6.04 Å². The second-order valence-corrected chi connectivity index (χ2v) is 8.10. The van der Waals surface area contributed by atoms with Crippen molar-refractivity contribution in [3.05, 3.63) is 29.3 Å². The summed E-state index contributed by atoms with van der Waals surface area (Å²) in [7, 11) is -3.06. The van der Waals surface area contributed by atoms with Crippen molar-refractivity contribution in [2.24, 2.45) is 0 Å². The van der Waals surface area contributed by atoms with Gasteiger partial charge in [-0.05, 0) is 37.6 Å². The van der Waals surface area contributed by atoms with Crippen molar-refractivity contribution in [2.75, 3.05) is 16.8 Å². The Bertz CT molecular complexity index is 690. The van der Waals surface area contributed by atoms with E-state index in [1.807, 2.05) is 0 Å². The number of sulfone groups is 1. The first-order valence-electron chi connectivity index (χ1n) is 7.09. The van der Waals surface area contributed by atoms with Crippen molar-refractivity contribution < 1.29 is 18.0 Å². The highest BCUT2D eigenvalue weighted by molar-refractivity contribution is 7.91. The van der Waals surface area contributed by atoms with Gasteiger partial charge in [0.15, 0.2) is 9.84 Å². The molecule has 2 atom stereocenters. The summed E-state index contributed by atoms with van der Waals surface area (Å²) in [5.41, 5.74) is 0.565. The minimum absolute atomic E-state index is 0.0637. The maximum absolute atomic E-state index is 12.0. The van der Waals surface area contributed by atoms with Gasteiger partial charge in [0.05, 0.1) is 11.5 Å². The number of rotatable bonds is 4. The quantitative estimate of drug-likeness (QED) is 0.750. The second-order valence-electron chi connectivity index (χ2n) is 5.44. The van der Waals surface area contributed by atoms with Crippen LogP contribution in [0.4, 0.5) is 10.5 Å². The number of benzene rings is 1. The van der Waals surface area contributed by atoms with E-state index in [9.17, 15) is 18.0 Å². The van der Waals surface area contributed by atoms with Crippen molar-refractivity contribution in [1.29, 1.82) is 0 Å². The average molecular weight is 360 g/mol. The van der Waals surface area contributed by atoms with E-state index in [0.29, 0.717) is 17.1 Å². The Morgan fingerprint density at radius 1 is 1.26 bits per heavy atom. The smallest absolute Gasteiger partial charge is 0.315 e. The topological polar surface area (TPSA) is 104 Å². The number of urea groups is 1. The largest absolute Gasteiger partial charge is 0.334 e. The van der Waals surface area contributed by atoms with E-state index in [2.05, 4.69) is 16.0 Å². The van der Waals surface area contributed by atoms with Gasteiger partial charge in [0.25, 0.3) is 0 Å². The molecule has 0 bridgehead atoms. The van der Waals surface area contributed by atoms with E-state index in [0.717, 1.165) is 0 Å². The predicted octanol–water partition coefficient (Wildman–Crippen LogP) is 1.15. The Hall–Kier alpha value is -1.80. The Morgan fingerprint density at radius 3 is 2.48 bits per heavy atom. The molecule has 1 fully saturated rings. The molecule has 1 aromatic rings. The summed E-state index contributed by atoms with van der Waals surface area (Å²) in [4.78, 5) is 23.8. The molecule has 1 aliphatic heterocycles. The molecule has 3 amide bonds. The lowest BCUT2D eigenvalue weighted by Gasteiger charge is -2.17. The van der Waals surface area contributed by atoms with Gasteiger partial charge in [0, 0.05) is 16.8 Å². The highest BCUT2D eigenvalue weighted by Gasteiger charge is 2.29. The Kier molecular flexibility index (Phi) is 5.48. The van der Waals surface area contributed by atoms with Crippen LogP contribution in [0.3, 0.4) is 0 Å². The third kappa shape index (κ3) is 5.40. The number of amides is 3. The summed E-state index contributed by atoms with van der Waals surface area (Å²) in [5.74, 6) is -0.377. The average Bonchev–Trinajstić information content (AvgIpc) is 2.80. The summed E-state index contributed by atoms with van der Waals surface area (Å²) in [6.45, 7) is 1.54. The van der Waals surface area contributed by atoms with Crippen LogP contribution >= 0.6 is 11.6 Å². The fraction of sp³-hybridized carbons (Fsp3) is 0.429. The molecule has 0 spiro atoms. The lowest BCUT2D eigenvalue weighted by atomic mass is 10.2. The molecule has 0 radical (unpaired) electrons. The third-order valence-electron chi connectivity index (χ3n) is 3.42. The van der Waals surface area contributed by atoms with E-state index in [1.54, 1.807) is 24.3 Å². The molecule has 2 rings (SSSR count). The van der Waals surface area contributed by atoms with Crippen molar-refractivity contribution >= 4 is 39.1 Å². The predicted molar refractivity (Wildman–Crippen MR) is 88.3 cm³/mol. The van der Waals surface area contributed by atoms with Crippen molar-refractivity contribution in [3.63, 3.8) is 0 Å². The van der Waals surface area contributed by atoms with Gasteiger partial charge in [0.2, 0.25) is 5.91 Å².